The Bertz CT molecular complexity index is 942. The van der Waals surface area contributed by atoms with Crippen molar-refractivity contribution in [2.45, 2.75) is 12.5 Å². The summed E-state index contributed by atoms with van der Waals surface area (Å²) in [5, 5.41) is 4.27. The van der Waals surface area contributed by atoms with Crippen LogP contribution in [0, 0.1) is 0 Å². The molecule has 7 heteroatoms. The number of aromatic nitrogens is 3. The second kappa shape index (κ2) is 7.15. The number of rotatable bonds is 5. The number of ether oxygens (including phenoxy) is 1. The summed E-state index contributed by atoms with van der Waals surface area (Å²) in [6.07, 6.45) is 1.57. The molecule has 0 saturated carbocycles. The maximum absolute atomic E-state index is 12.7. The van der Waals surface area contributed by atoms with Crippen molar-refractivity contribution in [2.24, 2.45) is 0 Å². The van der Waals surface area contributed by atoms with E-state index in [9.17, 15) is 4.79 Å². The predicted octanol–water partition coefficient (Wildman–Crippen LogP) is 1.28. The molecule has 1 aliphatic rings. The molecule has 7 nitrogen and oxygen atoms in total. The van der Waals surface area contributed by atoms with Gasteiger partial charge in [0, 0.05) is 25.1 Å². The standard InChI is InChI=1S/C19H21N5O2/c1-26-18-9-16(7-8-17(18)15-10-20-21-11-15)24-19(25)23(13-22-24)12-14-5-3-2-4-6-14/h2-9,13,15,20-21H,10-12H2,1H3. The number of hydrazine groups is 1. The third-order valence-corrected chi connectivity index (χ3v) is 4.65. The van der Waals surface area contributed by atoms with Crippen molar-refractivity contribution in [3.05, 3.63) is 76.5 Å². The van der Waals surface area contributed by atoms with Gasteiger partial charge < -0.3 is 4.74 Å². The van der Waals surface area contributed by atoms with Crippen LogP contribution in [0.25, 0.3) is 5.69 Å². The van der Waals surface area contributed by atoms with E-state index in [1.165, 1.54) is 4.68 Å². The minimum atomic E-state index is -0.173. The molecule has 2 aromatic carbocycles. The number of methoxy groups -OCH3 is 1. The summed E-state index contributed by atoms with van der Waals surface area (Å²) in [4.78, 5) is 12.7. The molecule has 1 fully saturated rings. The highest BCUT2D eigenvalue weighted by molar-refractivity contribution is 5.46. The molecule has 2 heterocycles. The predicted molar refractivity (Wildman–Crippen MR) is 98.7 cm³/mol. The van der Waals surface area contributed by atoms with Gasteiger partial charge in [0.15, 0.2) is 0 Å². The molecule has 0 radical (unpaired) electrons. The lowest BCUT2D eigenvalue weighted by atomic mass is 9.99. The zero-order chi connectivity index (χ0) is 17.9. The summed E-state index contributed by atoms with van der Waals surface area (Å²) in [7, 11) is 1.65. The monoisotopic (exact) mass is 351 g/mol. The Kier molecular flexibility index (Phi) is 4.55. The number of nitrogens with zero attached hydrogens (tertiary/aromatic N) is 3. The van der Waals surface area contributed by atoms with Gasteiger partial charge in [-0.15, -0.1) is 0 Å². The summed E-state index contributed by atoms with van der Waals surface area (Å²) in [5.41, 5.74) is 8.95. The molecular weight excluding hydrogens is 330 g/mol. The smallest absolute Gasteiger partial charge is 0.350 e. The maximum atomic E-state index is 12.7. The Balaban J connectivity index is 1.64. The quantitative estimate of drug-likeness (QED) is 0.725. The van der Waals surface area contributed by atoms with Crippen molar-refractivity contribution < 1.29 is 4.74 Å². The molecule has 0 spiro atoms. The van der Waals surface area contributed by atoms with Crippen LogP contribution in [0.15, 0.2) is 59.7 Å². The van der Waals surface area contributed by atoms with Gasteiger partial charge in [-0.2, -0.15) is 9.78 Å². The first-order valence-electron chi connectivity index (χ1n) is 8.58. The van der Waals surface area contributed by atoms with Crippen molar-refractivity contribution in [3.63, 3.8) is 0 Å². The van der Waals surface area contributed by atoms with E-state index >= 15 is 0 Å². The summed E-state index contributed by atoms with van der Waals surface area (Å²) in [6.45, 7) is 2.19. The fourth-order valence-electron chi connectivity index (χ4n) is 3.25. The van der Waals surface area contributed by atoms with Crippen molar-refractivity contribution in [3.8, 4) is 11.4 Å². The normalized spacial score (nSPS) is 14.7. The lowest BCUT2D eigenvalue weighted by Crippen LogP contribution is -2.24. The highest BCUT2D eigenvalue weighted by Gasteiger charge is 2.21. The Morgan fingerprint density at radius 2 is 1.92 bits per heavy atom. The molecule has 3 aromatic rings. The summed E-state index contributed by atoms with van der Waals surface area (Å²) < 4.78 is 8.56. The van der Waals surface area contributed by atoms with E-state index in [1.807, 2.05) is 48.5 Å². The average molecular weight is 351 g/mol. The molecule has 134 valence electrons. The van der Waals surface area contributed by atoms with Crippen molar-refractivity contribution >= 4 is 0 Å². The van der Waals surface area contributed by atoms with Gasteiger partial charge in [0.25, 0.3) is 0 Å². The van der Waals surface area contributed by atoms with E-state index in [0.29, 0.717) is 18.2 Å². The summed E-state index contributed by atoms with van der Waals surface area (Å²) in [6, 6.07) is 15.7. The lowest BCUT2D eigenvalue weighted by Gasteiger charge is -2.14. The molecule has 0 bridgehead atoms. The summed E-state index contributed by atoms with van der Waals surface area (Å²) >= 11 is 0. The number of nitrogens with one attached hydrogen (secondary N) is 2. The van der Waals surface area contributed by atoms with Gasteiger partial charge in [-0.1, -0.05) is 36.4 Å². The highest BCUT2D eigenvalue weighted by atomic mass is 16.5. The first-order valence-corrected chi connectivity index (χ1v) is 8.58. The van der Waals surface area contributed by atoms with Gasteiger partial charge in [-0.05, 0) is 17.2 Å². The van der Waals surface area contributed by atoms with Crippen LogP contribution in [0.4, 0.5) is 0 Å². The van der Waals surface area contributed by atoms with Gasteiger partial charge in [-0.3, -0.25) is 15.4 Å². The maximum Gasteiger partial charge on any atom is 0.350 e. The van der Waals surface area contributed by atoms with Crippen molar-refractivity contribution in [1.29, 1.82) is 0 Å². The highest BCUT2D eigenvalue weighted by Crippen LogP contribution is 2.29. The molecular formula is C19H21N5O2. The van der Waals surface area contributed by atoms with Gasteiger partial charge >= 0.3 is 5.69 Å². The van der Waals surface area contributed by atoms with Gasteiger partial charge in [0.2, 0.25) is 0 Å². The number of hydrogen-bond acceptors (Lipinski definition) is 5. The van der Waals surface area contributed by atoms with Crippen molar-refractivity contribution in [1.82, 2.24) is 25.2 Å². The number of hydrogen-bond donors (Lipinski definition) is 2. The van der Waals surface area contributed by atoms with Gasteiger partial charge in [-0.25, -0.2) is 4.79 Å². The average Bonchev–Trinajstić information content (AvgIpc) is 3.33. The van der Waals surface area contributed by atoms with Crippen LogP contribution in [-0.4, -0.2) is 34.5 Å². The van der Waals surface area contributed by atoms with Crippen LogP contribution in [0.1, 0.15) is 17.0 Å². The molecule has 0 amide bonds. The number of benzene rings is 2. The second-order valence-corrected chi connectivity index (χ2v) is 6.32. The lowest BCUT2D eigenvalue weighted by molar-refractivity contribution is 0.406. The minimum absolute atomic E-state index is 0.173. The Labute approximate surface area is 151 Å². The Morgan fingerprint density at radius 3 is 2.65 bits per heavy atom. The van der Waals surface area contributed by atoms with E-state index in [-0.39, 0.29) is 5.69 Å². The minimum Gasteiger partial charge on any atom is -0.496 e. The van der Waals surface area contributed by atoms with Crippen LogP contribution in [0.3, 0.4) is 0 Å². The van der Waals surface area contributed by atoms with Crippen LogP contribution >= 0.6 is 0 Å². The van der Waals surface area contributed by atoms with Crippen LogP contribution in [0.5, 0.6) is 5.75 Å². The van der Waals surface area contributed by atoms with Gasteiger partial charge in [0.05, 0.1) is 19.3 Å². The van der Waals surface area contributed by atoms with E-state index in [4.69, 9.17) is 4.74 Å². The largest absolute Gasteiger partial charge is 0.496 e. The Morgan fingerprint density at radius 1 is 1.15 bits per heavy atom. The van der Waals surface area contributed by atoms with Crippen molar-refractivity contribution in [2.75, 3.05) is 20.2 Å². The fraction of sp³-hybridized carbons (Fsp3) is 0.263. The van der Waals surface area contributed by atoms with E-state index in [1.54, 1.807) is 18.0 Å². The topological polar surface area (TPSA) is 73.1 Å². The van der Waals surface area contributed by atoms with E-state index < -0.39 is 0 Å². The molecule has 26 heavy (non-hydrogen) atoms. The van der Waals surface area contributed by atoms with Gasteiger partial charge in [0.1, 0.15) is 12.1 Å². The molecule has 0 unspecified atom stereocenters. The molecule has 0 aliphatic carbocycles. The zero-order valence-corrected chi connectivity index (χ0v) is 14.6. The molecule has 0 atom stereocenters. The molecule has 1 saturated heterocycles. The summed E-state index contributed by atoms with van der Waals surface area (Å²) in [5.74, 6) is 1.11. The van der Waals surface area contributed by atoms with Crippen LogP contribution in [0.2, 0.25) is 0 Å². The van der Waals surface area contributed by atoms with Crippen LogP contribution < -0.4 is 21.3 Å². The molecule has 1 aliphatic heterocycles. The van der Waals surface area contributed by atoms with E-state index in [2.05, 4.69) is 16.0 Å². The molecule has 4 rings (SSSR count). The van der Waals surface area contributed by atoms with E-state index in [0.717, 1.165) is 30.0 Å². The fourth-order valence-corrected chi connectivity index (χ4v) is 3.25. The zero-order valence-electron chi connectivity index (χ0n) is 14.6. The third-order valence-electron chi connectivity index (χ3n) is 4.65. The van der Waals surface area contributed by atoms with Crippen LogP contribution in [-0.2, 0) is 6.54 Å². The SMILES string of the molecule is COc1cc(-n2ncn(Cc3ccccc3)c2=O)ccc1C1CNNC1. The molecule has 1 aromatic heterocycles. The molecule has 2 N–H and O–H groups in total. The first-order chi connectivity index (χ1) is 12.8. The second-order valence-electron chi connectivity index (χ2n) is 6.32. The third kappa shape index (κ3) is 3.14. The Hall–Kier alpha value is -2.90. The first kappa shape index (κ1) is 16.6.